The molecule has 3 heteroatoms. The van der Waals surface area contributed by atoms with Gasteiger partial charge in [0.25, 0.3) is 0 Å². The summed E-state index contributed by atoms with van der Waals surface area (Å²) in [4.78, 5) is 0. The quantitative estimate of drug-likeness (QED) is 0.822. The SMILES string of the molecule is CC1(C)CC1CNCc1cccc(F)c1O. The standard InChI is InChI=1S/C13H18FNO/c1-13(2)6-10(13)8-15-7-9-4-3-5-11(14)12(9)16/h3-5,10,15-16H,6-8H2,1-2H3. The Morgan fingerprint density at radius 2 is 2.19 bits per heavy atom. The van der Waals surface area contributed by atoms with Crippen molar-refractivity contribution >= 4 is 0 Å². The number of phenols is 1. The lowest BCUT2D eigenvalue weighted by Crippen LogP contribution is -2.18. The van der Waals surface area contributed by atoms with E-state index in [9.17, 15) is 9.50 Å². The summed E-state index contributed by atoms with van der Waals surface area (Å²) in [6.07, 6.45) is 1.25. The molecule has 0 amide bonds. The van der Waals surface area contributed by atoms with Crippen LogP contribution in [0.3, 0.4) is 0 Å². The van der Waals surface area contributed by atoms with Crippen LogP contribution in [-0.4, -0.2) is 11.7 Å². The fourth-order valence-corrected chi connectivity index (χ4v) is 2.01. The fraction of sp³-hybridized carbons (Fsp3) is 0.538. The highest BCUT2D eigenvalue weighted by Gasteiger charge is 2.44. The Kier molecular flexibility index (Phi) is 2.89. The highest BCUT2D eigenvalue weighted by molar-refractivity contribution is 5.33. The van der Waals surface area contributed by atoms with Gasteiger partial charge in [0.05, 0.1) is 0 Å². The van der Waals surface area contributed by atoms with Crippen molar-refractivity contribution in [2.75, 3.05) is 6.54 Å². The number of para-hydroxylation sites is 1. The Morgan fingerprint density at radius 1 is 1.50 bits per heavy atom. The number of rotatable bonds is 4. The van der Waals surface area contributed by atoms with Crippen LogP contribution >= 0.6 is 0 Å². The van der Waals surface area contributed by atoms with Crippen LogP contribution < -0.4 is 5.32 Å². The molecule has 2 N–H and O–H groups in total. The van der Waals surface area contributed by atoms with Crippen molar-refractivity contribution in [1.82, 2.24) is 5.32 Å². The molecule has 1 aliphatic carbocycles. The Balaban J connectivity index is 1.84. The predicted octanol–water partition coefficient (Wildman–Crippen LogP) is 2.67. The Bertz CT molecular complexity index is 390. The first-order valence-electron chi connectivity index (χ1n) is 5.68. The zero-order valence-corrected chi connectivity index (χ0v) is 9.76. The smallest absolute Gasteiger partial charge is 0.165 e. The van der Waals surface area contributed by atoms with Gasteiger partial charge < -0.3 is 10.4 Å². The molecule has 0 bridgehead atoms. The number of aromatic hydroxyl groups is 1. The van der Waals surface area contributed by atoms with E-state index < -0.39 is 5.82 Å². The first kappa shape index (κ1) is 11.4. The van der Waals surface area contributed by atoms with Crippen LogP contribution in [0.15, 0.2) is 18.2 Å². The first-order chi connectivity index (χ1) is 7.50. The molecule has 2 nitrogen and oxygen atoms in total. The zero-order valence-electron chi connectivity index (χ0n) is 9.76. The molecule has 88 valence electrons. The van der Waals surface area contributed by atoms with Gasteiger partial charge >= 0.3 is 0 Å². The monoisotopic (exact) mass is 223 g/mol. The third-order valence-corrected chi connectivity index (χ3v) is 3.49. The van der Waals surface area contributed by atoms with Gasteiger partial charge in [-0.05, 0) is 30.4 Å². The van der Waals surface area contributed by atoms with Gasteiger partial charge in [-0.1, -0.05) is 26.0 Å². The number of hydrogen-bond acceptors (Lipinski definition) is 2. The fourth-order valence-electron chi connectivity index (χ4n) is 2.01. The summed E-state index contributed by atoms with van der Waals surface area (Å²) in [5.74, 6) is -0.0701. The van der Waals surface area contributed by atoms with E-state index >= 15 is 0 Å². The van der Waals surface area contributed by atoms with Crippen molar-refractivity contribution in [2.45, 2.75) is 26.8 Å². The van der Waals surface area contributed by atoms with E-state index in [1.165, 1.54) is 12.5 Å². The van der Waals surface area contributed by atoms with Gasteiger partial charge in [0.2, 0.25) is 0 Å². The third-order valence-electron chi connectivity index (χ3n) is 3.49. The van der Waals surface area contributed by atoms with Crippen LogP contribution in [0.1, 0.15) is 25.8 Å². The number of halogens is 1. The van der Waals surface area contributed by atoms with Crippen molar-refractivity contribution in [3.63, 3.8) is 0 Å². The summed E-state index contributed by atoms with van der Waals surface area (Å²) >= 11 is 0. The Hall–Kier alpha value is -1.09. The molecule has 0 saturated heterocycles. The minimum Gasteiger partial charge on any atom is -0.505 e. The lowest BCUT2D eigenvalue weighted by molar-refractivity contribution is 0.421. The average Bonchev–Trinajstić information content (AvgIpc) is 2.81. The summed E-state index contributed by atoms with van der Waals surface area (Å²) in [5, 5.41) is 12.7. The summed E-state index contributed by atoms with van der Waals surface area (Å²) in [6.45, 7) is 5.96. The van der Waals surface area contributed by atoms with Crippen molar-refractivity contribution in [3.8, 4) is 5.75 Å². The second-order valence-electron chi connectivity index (χ2n) is 5.27. The van der Waals surface area contributed by atoms with Crippen LogP contribution in [0, 0.1) is 17.2 Å². The second-order valence-corrected chi connectivity index (χ2v) is 5.27. The van der Waals surface area contributed by atoms with E-state index in [1.807, 2.05) is 0 Å². The molecule has 16 heavy (non-hydrogen) atoms. The van der Waals surface area contributed by atoms with Gasteiger partial charge in [-0.3, -0.25) is 0 Å². The summed E-state index contributed by atoms with van der Waals surface area (Å²) in [6, 6.07) is 4.62. The second kappa shape index (κ2) is 4.06. The third kappa shape index (κ3) is 2.35. The molecular weight excluding hydrogens is 205 g/mol. The molecule has 1 aromatic carbocycles. The topological polar surface area (TPSA) is 32.3 Å². The molecule has 0 heterocycles. The maximum atomic E-state index is 13.0. The van der Waals surface area contributed by atoms with Crippen molar-refractivity contribution in [3.05, 3.63) is 29.6 Å². The maximum Gasteiger partial charge on any atom is 0.165 e. The predicted molar refractivity (Wildman–Crippen MR) is 61.7 cm³/mol. The van der Waals surface area contributed by atoms with Gasteiger partial charge in [0.1, 0.15) is 0 Å². The van der Waals surface area contributed by atoms with E-state index in [2.05, 4.69) is 19.2 Å². The highest BCUT2D eigenvalue weighted by Crippen LogP contribution is 2.51. The molecule has 1 unspecified atom stereocenters. The summed E-state index contributed by atoms with van der Waals surface area (Å²) < 4.78 is 13.0. The molecule has 0 radical (unpaired) electrons. The van der Waals surface area contributed by atoms with E-state index in [0.717, 1.165) is 6.54 Å². The number of nitrogens with one attached hydrogen (secondary N) is 1. The lowest BCUT2D eigenvalue weighted by atomic mass is 10.1. The first-order valence-corrected chi connectivity index (χ1v) is 5.68. The number of phenolic OH excluding ortho intramolecular Hbond substituents is 1. The van der Waals surface area contributed by atoms with E-state index in [4.69, 9.17) is 0 Å². The molecule has 0 aliphatic heterocycles. The minimum atomic E-state index is -0.550. The van der Waals surface area contributed by atoms with Crippen LogP contribution in [-0.2, 0) is 6.54 Å². The van der Waals surface area contributed by atoms with Crippen LogP contribution in [0.25, 0.3) is 0 Å². The molecular formula is C13H18FNO. The molecule has 1 aromatic rings. The normalized spacial score (nSPS) is 22.1. The molecule has 2 rings (SSSR count). The van der Waals surface area contributed by atoms with Crippen molar-refractivity contribution in [1.29, 1.82) is 0 Å². The van der Waals surface area contributed by atoms with E-state index in [1.54, 1.807) is 12.1 Å². The highest BCUT2D eigenvalue weighted by atomic mass is 19.1. The van der Waals surface area contributed by atoms with Crippen molar-refractivity contribution in [2.24, 2.45) is 11.3 Å². The van der Waals surface area contributed by atoms with Crippen molar-refractivity contribution < 1.29 is 9.50 Å². The molecule has 1 fully saturated rings. The summed E-state index contributed by atoms with van der Waals surface area (Å²) in [7, 11) is 0. The number of hydrogen-bond donors (Lipinski definition) is 2. The minimum absolute atomic E-state index is 0.231. The van der Waals surface area contributed by atoms with Gasteiger partial charge in [0, 0.05) is 12.1 Å². The zero-order chi connectivity index (χ0) is 11.8. The van der Waals surface area contributed by atoms with Crippen LogP contribution in [0.4, 0.5) is 4.39 Å². The largest absolute Gasteiger partial charge is 0.505 e. The average molecular weight is 223 g/mol. The van der Waals surface area contributed by atoms with Gasteiger partial charge in [-0.2, -0.15) is 0 Å². The molecule has 1 aliphatic rings. The van der Waals surface area contributed by atoms with Crippen LogP contribution in [0.2, 0.25) is 0 Å². The summed E-state index contributed by atoms with van der Waals surface area (Å²) in [5.41, 5.74) is 1.08. The number of benzene rings is 1. The maximum absolute atomic E-state index is 13.0. The van der Waals surface area contributed by atoms with E-state index in [0.29, 0.717) is 23.4 Å². The lowest BCUT2D eigenvalue weighted by Gasteiger charge is -2.08. The molecule has 0 aromatic heterocycles. The van der Waals surface area contributed by atoms with E-state index in [-0.39, 0.29) is 5.75 Å². The van der Waals surface area contributed by atoms with Gasteiger partial charge in [0.15, 0.2) is 11.6 Å². The molecule has 1 atom stereocenters. The van der Waals surface area contributed by atoms with Gasteiger partial charge in [-0.25, -0.2) is 4.39 Å². The molecule has 1 saturated carbocycles. The van der Waals surface area contributed by atoms with Gasteiger partial charge in [-0.15, -0.1) is 0 Å². The Morgan fingerprint density at radius 3 is 2.81 bits per heavy atom. The Labute approximate surface area is 95.5 Å². The molecule has 0 spiro atoms. The van der Waals surface area contributed by atoms with Crippen LogP contribution in [0.5, 0.6) is 5.75 Å².